The van der Waals surface area contributed by atoms with E-state index >= 15 is 0 Å². The van der Waals surface area contributed by atoms with Gasteiger partial charge in [-0.25, -0.2) is 9.37 Å². The maximum absolute atomic E-state index is 12.5. The number of carbonyl (C=O) groups excluding carboxylic acids is 2. The van der Waals surface area contributed by atoms with Gasteiger partial charge >= 0.3 is 0 Å². The van der Waals surface area contributed by atoms with E-state index in [1.165, 1.54) is 11.5 Å². The summed E-state index contributed by atoms with van der Waals surface area (Å²) in [6.07, 6.45) is 2.72. The maximum atomic E-state index is 12.5. The number of rotatable bonds is 4. The summed E-state index contributed by atoms with van der Waals surface area (Å²) in [5.74, 6) is 0.990. The molecule has 0 unspecified atom stereocenters. The molecule has 4 rings (SSSR count). The van der Waals surface area contributed by atoms with E-state index in [9.17, 15) is 9.59 Å². The Morgan fingerprint density at radius 3 is 2.92 bits per heavy atom. The van der Waals surface area contributed by atoms with Crippen LogP contribution in [0.15, 0.2) is 47.6 Å². The lowest BCUT2D eigenvalue weighted by Crippen LogP contribution is -2.42. The molecule has 26 heavy (non-hydrogen) atoms. The predicted octanol–water partition coefficient (Wildman–Crippen LogP) is 1.34. The highest BCUT2D eigenvalue weighted by Gasteiger charge is 2.51. The molecule has 9 heteroatoms. The van der Waals surface area contributed by atoms with Gasteiger partial charge in [-0.3, -0.25) is 4.79 Å². The van der Waals surface area contributed by atoms with Gasteiger partial charge in [-0.05, 0) is 36.3 Å². The number of carbonyl (C=O) groups is 2. The Kier molecular flexibility index (Phi) is 4.93. The lowest BCUT2D eigenvalue weighted by atomic mass is 9.87. The predicted molar refractivity (Wildman–Crippen MR) is 107 cm³/mol. The minimum absolute atomic E-state index is 0.155. The van der Waals surface area contributed by atoms with E-state index in [1.54, 1.807) is 30.1 Å². The molecule has 132 valence electrons. The second-order valence-electron chi connectivity index (χ2n) is 6.41. The van der Waals surface area contributed by atoms with Crippen molar-refractivity contribution in [1.29, 1.82) is 0 Å². The van der Waals surface area contributed by atoms with Crippen LogP contribution in [-0.4, -0.2) is 52.7 Å². The van der Waals surface area contributed by atoms with Crippen LogP contribution >= 0.6 is 23.3 Å². The molecule has 0 saturated carbocycles. The zero-order chi connectivity index (χ0) is 18.0. The number of aliphatic imine (C=N–C) groups is 1. The molecule has 0 radical (unpaired) electrons. The molecule has 1 amide bonds. The van der Waals surface area contributed by atoms with E-state index in [0.29, 0.717) is 30.6 Å². The second kappa shape index (κ2) is 7.34. The van der Waals surface area contributed by atoms with Crippen molar-refractivity contribution in [1.82, 2.24) is 14.5 Å². The van der Waals surface area contributed by atoms with Gasteiger partial charge < -0.3 is 14.9 Å². The van der Waals surface area contributed by atoms with Gasteiger partial charge in [0, 0.05) is 30.0 Å². The van der Waals surface area contributed by atoms with E-state index in [2.05, 4.69) is 14.5 Å². The Morgan fingerprint density at radius 2 is 2.19 bits per heavy atom. The number of thioether (sulfide) groups is 1. The smallest absolute Gasteiger partial charge is 0.281 e. The van der Waals surface area contributed by atoms with Crippen molar-refractivity contribution in [2.24, 2.45) is 10.9 Å². The Balaban J connectivity index is 1.63. The normalized spacial score (nSPS) is 25.2. The van der Waals surface area contributed by atoms with E-state index in [1.807, 2.05) is 24.3 Å². The van der Waals surface area contributed by atoms with E-state index in [4.69, 9.17) is 4.99 Å². The number of aromatic nitrogens is 1. The van der Waals surface area contributed by atoms with Crippen molar-refractivity contribution in [3.63, 3.8) is 0 Å². The molecule has 1 saturated heterocycles. The highest BCUT2D eigenvalue weighted by atomic mass is 32.2. The maximum Gasteiger partial charge on any atom is 0.281 e. The number of benzene rings is 1. The Hall–Kier alpha value is -1.97. The number of amides is 1. The summed E-state index contributed by atoms with van der Waals surface area (Å²) < 4.78 is 4.25. The quantitative estimate of drug-likeness (QED) is 0.636. The number of nitrogens with one attached hydrogen (secondary N) is 1. The van der Waals surface area contributed by atoms with Crippen LogP contribution < -0.4 is 5.32 Å². The van der Waals surface area contributed by atoms with Crippen LogP contribution in [0.2, 0.25) is 0 Å². The van der Waals surface area contributed by atoms with Crippen molar-refractivity contribution in [2.75, 3.05) is 18.8 Å². The number of fused-ring (bicyclic) bond motifs is 1. The SMILES string of the molecule is O=CBN1C[C@H]2CSC(NC(=O)c3ccccc3)=N[C@@]2(c2ccns2)C1. The molecule has 1 aromatic heterocycles. The Labute approximate surface area is 160 Å². The summed E-state index contributed by atoms with van der Waals surface area (Å²) in [4.78, 5) is 31.7. The van der Waals surface area contributed by atoms with Gasteiger partial charge in [0.1, 0.15) is 5.54 Å². The number of amidine groups is 1. The molecule has 2 aliphatic rings. The molecule has 6 nitrogen and oxygen atoms in total. The van der Waals surface area contributed by atoms with Crippen molar-refractivity contribution >= 4 is 48.0 Å². The summed E-state index contributed by atoms with van der Waals surface area (Å²) in [5.41, 5.74) is 0.174. The summed E-state index contributed by atoms with van der Waals surface area (Å²) in [6.45, 7) is 1.50. The van der Waals surface area contributed by atoms with E-state index in [0.717, 1.165) is 23.4 Å². The van der Waals surface area contributed by atoms with Crippen LogP contribution in [0.3, 0.4) is 0 Å². The minimum atomic E-state index is -0.436. The molecule has 0 spiro atoms. The molecule has 3 heterocycles. The average Bonchev–Trinajstić information content (AvgIpc) is 3.30. The fourth-order valence-corrected chi connectivity index (χ4v) is 5.47. The summed E-state index contributed by atoms with van der Waals surface area (Å²) in [6, 6.07) is 11.1. The topological polar surface area (TPSA) is 74.7 Å². The highest BCUT2D eigenvalue weighted by Crippen LogP contribution is 2.46. The van der Waals surface area contributed by atoms with Crippen molar-refractivity contribution in [2.45, 2.75) is 5.54 Å². The number of hydrogen-bond acceptors (Lipinski definition) is 7. The van der Waals surface area contributed by atoms with Crippen molar-refractivity contribution < 1.29 is 9.59 Å². The third-order valence-electron chi connectivity index (χ3n) is 4.79. The average molecular weight is 384 g/mol. The molecular weight excluding hydrogens is 367 g/mol. The van der Waals surface area contributed by atoms with Crippen LogP contribution in [0.5, 0.6) is 0 Å². The summed E-state index contributed by atoms with van der Waals surface area (Å²) in [5, 5.41) is 3.59. The first kappa shape index (κ1) is 17.4. The van der Waals surface area contributed by atoms with Crippen LogP contribution in [-0.2, 0) is 10.3 Å². The fraction of sp³-hybridized carbons (Fsp3) is 0.294. The Bertz CT molecular complexity index is 831. The van der Waals surface area contributed by atoms with Crippen molar-refractivity contribution in [3.05, 3.63) is 53.0 Å². The first-order valence-corrected chi connectivity index (χ1v) is 10.1. The third-order valence-corrected chi connectivity index (χ3v) is 6.74. The second-order valence-corrected chi connectivity index (χ2v) is 8.25. The third kappa shape index (κ3) is 3.22. The van der Waals surface area contributed by atoms with Gasteiger partial charge in [0.25, 0.3) is 13.3 Å². The molecule has 2 aliphatic heterocycles. The fourth-order valence-electron chi connectivity index (χ4n) is 3.55. The number of hydrogen-bond donors (Lipinski definition) is 1. The molecule has 1 N–H and O–H groups in total. The molecule has 0 bridgehead atoms. The van der Waals surface area contributed by atoms with E-state index in [-0.39, 0.29) is 5.91 Å². The van der Waals surface area contributed by atoms with Crippen LogP contribution in [0.25, 0.3) is 0 Å². The van der Waals surface area contributed by atoms with Crippen LogP contribution in [0.4, 0.5) is 0 Å². The van der Waals surface area contributed by atoms with Gasteiger partial charge in [0.2, 0.25) is 0 Å². The summed E-state index contributed by atoms with van der Waals surface area (Å²) >= 11 is 3.01. The summed E-state index contributed by atoms with van der Waals surface area (Å²) in [7, 11) is 0.406. The van der Waals surface area contributed by atoms with Gasteiger partial charge in [-0.1, -0.05) is 30.0 Å². The van der Waals surface area contributed by atoms with Crippen LogP contribution in [0.1, 0.15) is 15.2 Å². The van der Waals surface area contributed by atoms with Crippen LogP contribution in [0, 0.1) is 5.92 Å². The molecular formula is C17H17BN4O2S2. The van der Waals surface area contributed by atoms with Gasteiger partial charge in [0.15, 0.2) is 5.17 Å². The van der Waals surface area contributed by atoms with Gasteiger partial charge in [-0.2, -0.15) is 0 Å². The molecule has 0 aliphatic carbocycles. The van der Waals surface area contributed by atoms with E-state index < -0.39 is 5.54 Å². The molecule has 2 atom stereocenters. The van der Waals surface area contributed by atoms with Gasteiger partial charge in [-0.15, -0.1) is 0 Å². The standard InChI is InChI=1S/C17H17BN4O2S2/c23-11-18-22-8-13-9-25-16(20-15(24)12-4-2-1-3-5-12)21-17(13,10-22)14-6-7-19-26-14/h1-7,11,13,18H,8-10H2,(H,20,21,24)/t13-,17-/m0/s1. The molecule has 1 aromatic carbocycles. The monoisotopic (exact) mass is 384 g/mol. The Morgan fingerprint density at radius 1 is 1.35 bits per heavy atom. The molecule has 2 aromatic rings. The lowest BCUT2D eigenvalue weighted by Gasteiger charge is -2.34. The first-order chi connectivity index (χ1) is 12.7. The molecule has 1 fully saturated rings. The minimum Gasteiger partial charge on any atom is -0.336 e. The largest absolute Gasteiger partial charge is 0.336 e. The zero-order valence-corrected chi connectivity index (χ0v) is 15.6. The van der Waals surface area contributed by atoms with Crippen molar-refractivity contribution in [3.8, 4) is 0 Å². The first-order valence-electron chi connectivity index (χ1n) is 8.37. The van der Waals surface area contributed by atoms with Gasteiger partial charge in [0.05, 0.1) is 11.1 Å². The lowest BCUT2D eigenvalue weighted by molar-refractivity contribution is 0.0977. The zero-order valence-electron chi connectivity index (χ0n) is 14.0. The number of nitrogens with zero attached hydrogens (tertiary/aromatic N) is 3. The highest BCUT2D eigenvalue weighted by molar-refractivity contribution is 8.13.